The Morgan fingerprint density at radius 3 is 1.46 bits per heavy atom. The minimum Gasteiger partial charge on any atom is -0.456 e. The van der Waals surface area contributed by atoms with E-state index in [1.54, 1.807) is 0 Å². The van der Waals surface area contributed by atoms with Crippen LogP contribution in [0.5, 0.6) is 0 Å². The van der Waals surface area contributed by atoms with Crippen molar-refractivity contribution in [3.05, 3.63) is 206 Å². The minimum atomic E-state index is 0.498. The Bertz CT molecular complexity index is 4140. The zero-order valence-corrected chi connectivity index (χ0v) is 34.7. The lowest BCUT2D eigenvalue weighted by Crippen LogP contribution is -2.04. The van der Waals surface area contributed by atoms with Gasteiger partial charge in [-0.1, -0.05) is 146 Å². The van der Waals surface area contributed by atoms with Crippen LogP contribution in [-0.2, 0) is 0 Å². The molecule has 0 saturated carbocycles. The number of hydrogen-bond acceptors (Lipinski definition) is 5. The van der Waals surface area contributed by atoms with Gasteiger partial charge in [0.1, 0.15) is 22.3 Å². The van der Waals surface area contributed by atoms with Gasteiger partial charge in [-0.3, -0.25) is 0 Å². The summed E-state index contributed by atoms with van der Waals surface area (Å²) in [6.07, 6.45) is 0. The molecule has 65 heavy (non-hydrogen) atoms. The van der Waals surface area contributed by atoms with Crippen LogP contribution in [0, 0.1) is 0 Å². The standard InChI is InChI=1S/C59H34N4O2/c1-2-12-35(13-3-1)36-22-24-37(25-23-36)57-60-58(42-26-27-45-43-18-8-10-20-52(43)64-54(45)34-42)62-59(61-57)55-49(29-28-46-44-19-9-11-21-53(44)65-56(46)55)63-50-32-40-16-6-4-14-38(40)30-47(50)48-31-39-15-5-7-17-41(39)33-51(48)63/h1-34H. The summed E-state index contributed by atoms with van der Waals surface area (Å²) in [6, 6.07) is 72.2. The lowest BCUT2D eigenvalue weighted by molar-refractivity contribution is 0.668. The van der Waals surface area contributed by atoms with E-state index < -0.39 is 0 Å². The van der Waals surface area contributed by atoms with Gasteiger partial charge in [-0.25, -0.2) is 15.0 Å². The van der Waals surface area contributed by atoms with Gasteiger partial charge in [-0.05, 0) is 93.3 Å². The molecule has 0 spiro atoms. The van der Waals surface area contributed by atoms with Gasteiger partial charge in [0.05, 0.1) is 22.3 Å². The zero-order chi connectivity index (χ0) is 42.6. The van der Waals surface area contributed by atoms with E-state index in [1.165, 1.54) is 10.8 Å². The van der Waals surface area contributed by atoms with Crippen molar-refractivity contribution in [2.75, 3.05) is 0 Å². The highest BCUT2D eigenvalue weighted by Gasteiger charge is 2.25. The van der Waals surface area contributed by atoms with Crippen molar-refractivity contribution in [3.63, 3.8) is 0 Å². The van der Waals surface area contributed by atoms with Crippen LogP contribution in [0.2, 0.25) is 0 Å². The quantitative estimate of drug-likeness (QED) is 0.173. The first kappa shape index (κ1) is 35.7. The van der Waals surface area contributed by atoms with Crippen molar-refractivity contribution < 1.29 is 8.83 Å². The van der Waals surface area contributed by atoms with E-state index in [1.807, 2.05) is 42.5 Å². The average Bonchev–Trinajstić information content (AvgIpc) is 4.03. The second-order valence-electron chi connectivity index (χ2n) is 16.8. The van der Waals surface area contributed by atoms with E-state index in [4.69, 9.17) is 23.8 Å². The molecule has 14 aromatic rings. The van der Waals surface area contributed by atoms with Crippen LogP contribution in [0.3, 0.4) is 0 Å². The molecule has 0 bridgehead atoms. The van der Waals surface area contributed by atoms with E-state index in [0.29, 0.717) is 23.1 Å². The first-order valence-electron chi connectivity index (χ1n) is 21.8. The van der Waals surface area contributed by atoms with Crippen LogP contribution >= 0.6 is 0 Å². The van der Waals surface area contributed by atoms with E-state index in [-0.39, 0.29) is 0 Å². The summed E-state index contributed by atoms with van der Waals surface area (Å²) in [4.78, 5) is 16.1. The number of para-hydroxylation sites is 2. The van der Waals surface area contributed by atoms with Crippen LogP contribution < -0.4 is 0 Å². The van der Waals surface area contributed by atoms with Crippen LogP contribution in [0.1, 0.15) is 0 Å². The molecule has 0 fully saturated rings. The van der Waals surface area contributed by atoms with Crippen molar-refractivity contribution in [1.29, 1.82) is 0 Å². The van der Waals surface area contributed by atoms with Crippen molar-refractivity contribution >= 4 is 87.2 Å². The highest BCUT2D eigenvalue weighted by Crippen LogP contribution is 2.44. The number of aromatic nitrogens is 4. The molecule has 0 amide bonds. The zero-order valence-electron chi connectivity index (χ0n) is 34.7. The van der Waals surface area contributed by atoms with E-state index in [0.717, 1.165) is 104 Å². The first-order chi connectivity index (χ1) is 32.2. The topological polar surface area (TPSA) is 69.9 Å². The summed E-state index contributed by atoms with van der Waals surface area (Å²) in [5.74, 6) is 1.57. The molecule has 0 aliphatic carbocycles. The Kier molecular flexibility index (Phi) is 7.59. The number of fused-ring (bicyclic) bond motifs is 11. The van der Waals surface area contributed by atoms with Crippen molar-refractivity contribution in [1.82, 2.24) is 19.5 Å². The molecule has 0 radical (unpaired) electrons. The number of benzene rings is 10. The number of furan rings is 2. The Balaban J connectivity index is 1.09. The number of nitrogens with zero attached hydrogens (tertiary/aromatic N) is 4. The van der Waals surface area contributed by atoms with Gasteiger partial charge in [0.15, 0.2) is 17.5 Å². The van der Waals surface area contributed by atoms with E-state index in [2.05, 4.69) is 168 Å². The Labute approximate surface area is 371 Å². The third-order valence-corrected chi connectivity index (χ3v) is 13.0. The molecule has 10 aromatic carbocycles. The molecule has 0 aliphatic heterocycles. The van der Waals surface area contributed by atoms with Gasteiger partial charge in [-0.2, -0.15) is 0 Å². The van der Waals surface area contributed by atoms with Crippen molar-refractivity contribution in [2.45, 2.75) is 0 Å². The largest absolute Gasteiger partial charge is 0.456 e. The van der Waals surface area contributed by atoms with Gasteiger partial charge in [-0.15, -0.1) is 0 Å². The summed E-state index contributed by atoms with van der Waals surface area (Å²) >= 11 is 0. The third-order valence-electron chi connectivity index (χ3n) is 13.0. The molecule has 4 heterocycles. The van der Waals surface area contributed by atoms with Gasteiger partial charge < -0.3 is 13.4 Å². The maximum Gasteiger partial charge on any atom is 0.170 e. The predicted molar refractivity (Wildman–Crippen MR) is 265 cm³/mol. The van der Waals surface area contributed by atoms with Gasteiger partial charge in [0.25, 0.3) is 0 Å². The average molecular weight is 831 g/mol. The summed E-state index contributed by atoms with van der Waals surface area (Å²) < 4.78 is 15.8. The first-order valence-corrected chi connectivity index (χ1v) is 21.8. The van der Waals surface area contributed by atoms with Gasteiger partial charge >= 0.3 is 0 Å². The van der Waals surface area contributed by atoms with Gasteiger partial charge in [0, 0.05) is 43.4 Å². The molecule has 14 rings (SSSR count). The molecule has 4 aromatic heterocycles. The van der Waals surface area contributed by atoms with Gasteiger partial charge in [0.2, 0.25) is 0 Å². The maximum absolute atomic E-state index is 6.96. The molecular weight excluding hydrogens is 797 g/mol. The fourth-order valence-electron chi connectivity index (χ4n) is 9.88. The van der Waals surface area contributed by atoms with Crippen molar-refractivity contribution in [2.24, 2.45) is 0 Å². The van der Waals surface area contributed by atoms with Crippen molar-refractivity contribution in [3.8, 4) is 51.0 Å². The molecule has 0 atom stereocenters. The molecule has 6 nitrogen and oxygen atoms in total. The maximum atomic E-state index is 6.96. The van der Waals surface area contributed by atoms with Crippen LogP contribution in [-0.4, -0.2) is 19.5 Å². The Hall–Kier alpha value is -8.87. The summed E-state index contributed by atoms with van der Waals surface area (Å²) in [6.45, 7) is 0. The smallest absolute Gasteiger partial charge is 0.170 e. The highest BCUT2D eigenvalue weighted by atomic mass is 16.3. The van der Waals surface area contributed by atoms with Crippen LogP contribution in [0.4, 0.5) is 0 Å². The second-order valence-corrected chi connectivity index (χ2v) is 16.8. The Morgan fingerprint density at radius 2 is 0.785 bits per heavy atom. The molecule has 0 saturated heterocycles. The molecule has 0 N–H and O–H groups in total. The lowest BCUT2D eigenvalue weighted by Gasteiger charge is -2.16. The summed E-state index contributed by atoms with van der Waals surface area (Å²) in [7, 11) is 0. The number of rotatable bonds is 5. The molecule has 6 heteroatoms. The second kappa shape index (κ2) is 13.8. The fraction of sp³-hybridized carbons (Fsp3) is 0. The summed E-state index contributed by atoms with van der Waals surface area (Å²) in [5.41, 5.74) is 10.9. The van der Waals surface area contributed by atoms with E-state index in [9.17, 15) is 0 Å². The number of hydrogen-bond donors (Lipinski definition) is 0. The highest BCUT2D eigenvalue weighted by molar-refractivity contribution is 6.18. The summed E-state index contributed by atoms with van der Waals surface area (Å²) in [5, 5.41) is 11.1. The molecule has 0 unspecified atom stereocenters. The monoisotopic (exact) mass is 830 g/mol. The Morgan fingerprint density at radius 1 is 0.308 bits per heavy atom. The third kappa shape index (κ3) is 5.57. The molecular formula is C59H34N4O2. The van der Waals surface area contributed by atoms with Crippen LogP contribution in [0.15, 0.2) is 215 Å². The molecule has 0 aliphatic rings. The fourth-order valence-corrected chi connectivity index (χ4v) is 9.88. The normalized spacial score (nSPS) is 12.0. The molecule has 302 valence electrons. The van der Waals surface area contributed by atoms with Crippen LogP contribution in [0.25, 0.3) is 138 Å². The van der Waals surface area contributed by atoms with E-state index >= 15 is 0 Å². The predicted octanol–water partition coefficient (Wildman–Crippen LogP) is 15.7. The lowest BCUT2D eigenvalue weighted by atomic mass is 10.0. The minimum absolute atomic E-state index is 0.498. The SMILES string of the molecule is c1ccc(-c2ccc(-c3nc(-c4ccc5c(c4)oc4ccccc45)nc(-c4c(-n5c6cc7ccccc7cc6c6cc7ccccc7cc65)ccc5c4oc4ccccc45)n3)cc2)cc1.